The number of allylic oxidation sites excluding steroid dienone is 2. The lowest BCUT2D eigenvalue weighted by Gasteiger charge is -2.23. The van der Waals surface area contributed by atoms with Crippen molar-refractivity contribution in [1.82, 2.24) is 5.32 Å². The first-order valence-electron chi connectivity index (χ1n) is 20.0. The molecule has 0 rings (SSSR count). The molecular formula is C40H79NO4. The summed E-state index contributed by atoms with van der Waals surface area (Å²) in [5.74, 6) is -0.475. The van der Waals surface area contributed by atoms with Gasteiger partial charge in [-0.15, -0.1) is 0 Å². The molecule has 268 valence electrons. The largest absolute Gasteiger partial charge is 0.394 e. The molecule has 0 heterocycles. The normalized spacial score (nSPS) is 13.8. The predicted molar refractivity (Wildman–Crippen MR) is 195 cm³/mol. The molecule has 0 saturated carbocycles. The summed E-state index contributed by atoms with van der Waals surface area (Å²) in [4.78, 5) is 12.4. The number of hydrogen-bond acceptors (Lipinski definition) is 4. The Bertz CT molecular complexity index is 625. The quantitative estimate of drug-likeness (QED) is 0.0406. The van der Waals surface area contributed by atoms with Crippen LogP contribution in [0.5, 0.6) is 0 Å². The SMILES string of the molecule is CCCCCC/C=C\CCCCCCCCC(O)C(=O)NC(CO)C(O)CCCCCCCCCCCCCCCCCCC. The Kier molecular flexibility index (Phi) is 35.2. The minimum absolute atomic E-state index is 0.313. The van der Waals surface area contributed by atoms with E-state index in [1.807, 2.05) is 0 Å². The second kappa shape index (κ2) is 35.9. The second-order valence-corrected chi connectivity index (χ2v) is 13.8. The molecule has 0 aromatic heterocycles. The molecule has 4 N–H and O–H groups in total. The maximum Gasteiger partial charge on any atom is 0.249 e. The van der Waals surface area contributed by atoms with E-state index in [1.165, 1.54) is 154 Å². The lowest BCUT2D eigenvalue weighted by molar-refractivity contribution is -0.131. The summed E-state index contributed by atoms with van der Waals surface area (Å²) in [7, 11) is 0. The van der Waals surface area contributed by atoms with E-state index < -0.39 is 24.2 Å². The van der Waals surface area contributed by atoms with Crippen LogP contribution in [-0.4, -0.2) is 46.1 Å². The highest BCUT2D eigenvalue weighted by Gasteiger charge is 2.23. The van der Waals surface area contributed by atoms with E-state index in [0.29, 0.717) is 12.8 Å². The minimum atomic E-state index is -1.07. The zero-order valence-corrected chi connectivity index (χ0v) is 30.3. The third-order valence-electron chi connectivity index (χ3n) is 9.38. The lowest BCUT2D eigenvalue weighted by atomic mass is 10.0. The first kappa shape index (κ1) is 44.1. The van der Waals surface area contributed by atoms with Gasteiger partial charge in [0.25, 0.3) is 0 Å². The molecule has 0 saturated heterocycles. The van der Waals surface area contributed by atoms with Gasteiger partial charge in [-0.3, -0.25) is 4.79 Å². The average Bonchev–Trinajstić information content (AvgIpc) is 3.04. The Balaban J connectivity index is 3.65. The number of aliphatic hydroxyl groups is 3. The molecule has 5 nitrogen and oxygen atoms in total. The van der Waals surface area contributed by atoms with E-state index in [9.17, 15) is 20.1 Å². The second-order valence-electron chi connectivity index (χ2n) is 13.8. The molecule has 0 spiro atoms. The molecule has 0 fully saturated rings. The number of amides is 1. The summed E-state index contributed by atoms with van der Waals surface area (Å²) >= 11 is 0. The van der Waals surface area contributed by atoms with Gasteiger partial charge >= 0.3 is 0 Å². The fourth-order valence-electron chi connectivity index (χ4n) is 6.18. The Morgan fingerprint density at radius 1 is 0.511 bits per heavy atom. The van der Waals surface area contributed by atoms with E-state index in [2.05, 4.69) is 31.3 Å². The zero-order valence-electron chi connectivity index (χ0n) is 30.3. The van der Waals surface area contributed by atoms with Crippen LogP contribution in [0.25, 0.3) is 0 Å². The van der Waals surface area contributed by atoms with Crippen LogP contribution in [0.3, 0.4) is 0 Å². The third-order valence-corrected chi connectivity index (χ3v) is 9.38. The Hall–Kier alpha value is -0.910. The Labute approximate surface area is 280 Å². The van der Waals surface area contributed by atoms with Crippen molar-refractivity contribution in [3.8, 4) is 0 Å². The van der Waals surface area contributed by atoms with E-state index in [1.54, 1.807) is 0 Å². The number of aliphatic hydroxyl groups excluding tert-OH is 3. The number of rotatable bonds is 36. The van der Waals surface area contributed by atoms with Crippen LogP contribution in [0.15, 0.2) is 12.2 Å². The van der Waals surface area contributed by atoms with Crippen LogP contribution >= 0.6 is 0 Å². The monoisotopic (exact) mass is 638 g/mol. The molecule has 1 amide bonds. The van der Waals surface area contributed by atoms with Crippen molar-refractivity contribution in [3.63, 3.8) is 0 Å². The van der Waals surface area contributed by atoms with Crippen LogP contribution in [0.2, 0.25) is 0 Å². The fraction of sp³-hybridized carbons (Fsp3) is 0.925. The van der Waals surface area contributed by atoms with Crippen molar-refractivity contribution in [2.24, 2.45) is 0 Å². The fourth-order valence-corrected chi connectivity index (χ4v) is 6.18. The van der Waals surface area contributed by atoms with E-state index in [4.69, 9.17) is 0 Å². The maximum absolute atomic E-state index is 12.4. The lowest BCUT2D eigenvalue weighted by Crippen LogP contribution is -2.49. The first-order valence-corrected chi connectivity index (χ1v) is 20.0. The van der Waals surface area contributed by atoms with Crippen molar-refractivity contribution >= 4 is 5.91 Å². The van der Waals surface area contributed by atoms with Gasteiger partial charge in [-0.2, -0.15) is 0 Å². The van der Waals surface area contributed by atoms with Gasteiger partial charge in [0.15, 0.2) is 0 Å². The Morgan fingerprint density at radius 2 is 0.844 bits per heavy atom. The van der Waals surface area contributed by atoms with Crippen molar-refractivity contribution in [2.75, 3.05) is 6.61 Å². The Morgan fingerprint density at radius 3 is 1.24 bits per heavy atom. The zero-order chi connectivity index (χ0) is 33.1. The van der Waals surface area contributed by atoms with Crippen LogP contribution in [0, 0.1) is 0 Å². The van der Waals surface area contributed by atoms with Gasteiger partial charge in [-0.25, -0.2) is 0 Å². The van der Waals surface area contributed by atoms with Crippen LogP contribution in [-0.2, 0) is 4.79 Å². The molecule has 0 aromatic carbocycles. The van der Waals surface area contributed by atoms with Crippen LogP contribution in [0.4, 0.5) is 0 Å². The van der Waals surface area contributed by atoms with Crippen molar-refractivity contribution in [2.45, 2.75) is 231 Å². The summed E-state index contributed by atoms with van der Waals surface area (Å²) in [5.41, 5.74) is 0. The molecule has 0 aromatic rings. The predicted octanol–water partition coefficient (Wildman–Crippen LogP) is 10.9. The van der Waals surface area contributed by atoms with Crippen molar-refractivity contribution < 1.29 is 20.1 Å². The molecule has 3 atom stereocenters. The highest BCUT2D eigenvalue weighted by atomic mass is 16.3. The summed E-state index contributed by atoms with van der Waals surface area (Å²) in [6.45, 7) is 4.21. The summed E-state index contributed by atoms with van der Waals surface area (Å²) < 4.78 is 0. The molecule has 0 aliphatic carbocycles. The van der Waals surface area contributed by atoms with Crippen molar-refractivity contribution in [1.29, 1.82) is 0 Å². The van der Waals surface area contributed by atoms with Gasteiger partial charge in [-0.1, -0.05) is 187 Å². The molecule has 0 bridgehead atoms. The van der Waals surface area contributed by atoms with E-state index >= 15 is 0 Å². The topological polar surface area (TPSA) is 89.8 Å². The standard InChI is InChI=1S/C40H79NO4/c1-3-5-7-9-11-13-15-17-19-20-21-23-24-26-28-30-32-34-38(43)37(36-42)41-40(45)39(44)35-33-31-29-27-25-22-18-16-14-12-10-8-6-4-2/h14,16,37-39,42-44H,3-13,15,17-36H2,1-2H3,(H,41,45)/b16-14-. The first-order chi connectivity index (χ1) is 22.1. The van der Waals surface area contributed by atoms with Gasteiger partial charge < -0.3 is 20.6 Å². The van der Waals surface area contributed by atoms with E-state index in [0.717, 1.165) is 32.1 Å². The maximum atomic E-state index is 12.4. The summed E-state index contributed by atoms with van der Waals surface area (Å²) in [6.07, 6.45) is 40.5. The number of hydrogen-bond donors (Lipinski definition) is 4. The molecule has 3 unspecified atom stereocenters. The molecule has 0 aliphatic rings. The molecule has 0 aliphatic heterocycles. The van der Waals surface area contributed by atoms with Gasteiger partial charge in [0.1, 0.15) is 6.10 Å². The van der Waals surface area contributed by atoms with Gasteiger partial charge in [-0.05, 0) is 38.5 Å². The third kappa shape index (κ3) is 31.5. The number of nitrogens with one attached hydrogen (secondary N) is 1. The molecular weight excluding hydrogens is 558 g/mol. The van der Waals surface area contributed by atoms with Crippen LogP contribution < -0.4 is 5.32 Å². The molecule has 5 heteroatoms. The van der Waals surface area contributed by atoms with Crippen molar-refractivity contribution in [3.05, 3.63) is 12.2 Å². The van der Waals surface area contributed by atoms with Crippen LogP contribution in [0.1, 0.15) is 213 Å². The van der Waals surface area contributed by atoms with Gasteiger partial charge in [0, 0.05) is 0 Å². The molecule has 45 heavy (non-hydrogen) atoms. The molecule has 0 radical (unpaired) electrons. The highest BCUT2D eigenvalue weighted by Crippen LogP contribution is 2.16. The summed E-state index contributed by atoms with van der Waals surface area (Å²) in [5, 5.41) is 33.2. The number of carbonyl (C=O) groups excluding carboxylic acids is 1. The average molecular weight is 638 g/mol. The number of unbranched alkanes of at least 4 members (excludes halogenated alkanes) is 26. The van der Waals surface area contributed by atoms with E-state index in [-0.39, 0.29) is 6.61 Å². The smallest absolute Gasteiger partial charge is 0.249 e. The number of carbonyl (C=O) groups is 1. The van der Waals surface area contributed by atoms with Gasteiger partial charge in [0.2, 0.25) is 5.91 Å². The summed E-state index contributed by atoms with van der Waals surface area (Å²) in [6, 6.07) is -0.710. The minimum Gasteiger partial charge on any atom is -0.394 e. The highest BCUT2D eigenvalue weighted by molar-refractivity contribution is 5.80. The van der Waals surface area contributed by atoms with Gasteiger partial charge in [0.05, 0.1) is 18.8 Å².